The molecule has 1 aliphatic heterocycles. The number of rotatable bonds is 5. The van der Waals surface area contributed by atoms with Crippen molar-refractivity contribution >= 4 is 39.8 Å². The maximum absolute atomic E-state index is 12.6. The molecule has 1 aromatic carbocycles. The van der Waals surface area contributed by atoms with Crippen LogP contribution >= 0.6 is 24.0 Å². The molecule has 9 heteroatoms. The second-order valence-corrected chi connectivity index (χ2v) is 8.40. The predicted octanol–water partition coefficient (Wildman–Crippen LogP) is 1.55. The van der Waals surface area contributed by atoms with Crippen LogP contribution in [0.5, 0.6) is 5.75 Å². The highest BCUT2D eigenvalue weighted by Gasteiger charge is 2.48. The molecular formula is C15H22Cl2N2O4S. The van der Waals surface area contributed by atoms with Crippen molar-refractivity contribution in [3.8, 4) is 5.75 Å². The smallest absolute Gasteiger partial charge is 0.241 e. The molecule has 136 valence electrons. The minimum atomic E-state index is -3.51. The van der Waals surface area contributed by atoms with Gasteiger partial charge in [0.25, 0.3) is 0 Å². The first kappa shape index (κ1) is 21.0. The van der Waals surface area contributed by atoms with Gasteiger partial charge < -0.3 is 15.4 Å². The highest BCUT2D eigenvalue weighted by atomic mass is 35.5. The third-order valence-corrected chi connectivity index (χ3v) is 6.51. The van der Waals surface area contributed by atoms with Gasteiger partial charge in [0.05, 0.1) is 12.1 Å². The Bertz CT molecular complexity index is 689. The van der Waals surface area contributed by atoms with Gasteiger partial charge >= 0.3 is 0 Å². The van der Waals surface area contributed by atoms with Crippen LogP contribution in [-0.2, 0) is 21.2 Å². The minimum absolute atomic E-state index is 0. The lowest BCUT2D eigenvalue weighted by molar-refractivity contribution is -0.124. The Balaban J connectivity index is 0.00000288. The largest absolute Gasteiger partial charge is 0.495 e. The number of sulfone groups is 1. The minimum Gasteiger partial charge on any atom is -0.495 e. The molecule has 2 N–H and O–H groups in total. The summed E-state index contributed by atoms with van der Waals surface area (Å²) in [6, 6.07) is 5.18. The molecule has 0 aliphatic carbocycles. The third-order valence-electron chi connectivity index (χ3n) is 4.20. The molecule has 0 aromatic heterocycles. The molecular weight excluding hydrogens is 375 g/mol. The van der Waals surface area contributed by atoms with Gasteiger partial charge in [-0.05, 0) is 43.6 Å². The van der Waals surface area contributed by atoms with E-state index in [0.29, 0.717) is 23.9 Å². The summed E-state index contributed by atoms with van der Waals surface area (Å²) in [5, 5.41) is 6.26. The fourth-order valence-electron chi connectivity index (χ4n) is 2.76. The van der Waals surface area contributed by atoms with Gasteiger partial charge in [0.1, 0.15) is 5.75 Å². The van der Waals surface area contributed by atoms with Gasteiger partial charge in [-0.1, -0.05) is 17.7 Å². The SMILES string of the molecule is COc1ccc(CNC(=O)C2(S(C)(=O)=O)CCNCC2)cc1Cl.Cl. The number of amides is 1. The highest BCUT2D eigenvalue weighted by Crippen LogP contribution is 2.28. The first-order valence-corrected chi connectivity index (χ1v) is 9.58. The molecule has 24 heavy (non-hydrogen) atoms. The molecule has 0 saturated carbocycles. The number of methoxy groups -OCH3 is 1. The predicted molar refractivity (Wildman–Crippen MR) is 96.8 cm³/mol. The Morgan fingerprint density at radius 3 is 2.50 bits per heavy atom. The second kappa shape index (κ2) is 8.38. The van der Waals surface area contributed by atoms with E-state index in [9.17, 15) is 13.2 Å². The summed E-state index contributed by atoms with van der Waals surface area (Å²) < 4.78 is 28.1. The van der Waals surface area contributed by atoms with E-state index in [-0.39, 0.29) is 31.8 Å². The van der Waals surface area contributed by atoms with Crippen molar-refractivity contribution in [2.45, 2.75) is 24.1 Å². The molecule has 1 heterocycles. The quantitative estimate of drug-likeness (QED) is 0.788. The molecule has 6 nitrogen and oxygen atoms in total. The first-order valence-electron chi connectivity index (χ1n) is 7.31. The number of hydrogen-bond donors (Lipinski definition) is 2. The number of nitrogens with one attached hydrogen (secondary N) is 2. The summed E-state index contributed by atoms with van der Waals surface area (Å²) in [6.07, 6.45) is 1.68. The summed E-state index contributed by atoms with van der Waals surface area (Å²) in [7, 11) is -1.98. The van der Waals surface area contributed by atoms with Crippen LogP contribution in [0.15, 0.2) is 18.2 Å². The molecule has 1 aromatic rings. The highest BCUT2D eigenvalue weighted by molar-refractivity contribution is 7.92. The van der Waals surface area contributed by atoms with E-state index in [1.807, 2.05) is 0 Å². The number of halogens is 2. The lowest BCUT2D eigenvalue weighted by Gasteiger charge is -2.34. The molecule has 2 rings (SSSR count). The third kappa shape index (κ3) is 4.33. The summed E-state index contributed by atoms with van der Waals surface area (Å²) >= 11 is 6.05. The maximum Gasteiger partial charge on any atom is 0.241 e. The molecule has 1 fully saturated rings. The molecule has 1 saturated heterocycles. The van der Waals surface area contributed by atoms with E-state index in [1.165, 1.54) is 7.11 Å². The van der Waals surface area contributed by atoms with E-state index >= 15 is 0 Å². The van der Waals surface area contributed by atoms with E-state index in [0.717, 1.165) is 11.8 Å². The number of hydrogen-bond acceptors (Lipinski definition) is 5. The zero-order chi connectivity index (χ0) is 17.1. The Hall–Kier alpha value is -1.02. The monoisotopic (exact) mass is 396 g/mol. The summed E-state index contributed by atoms with van der Waals surface area (Å²) in [5.41, 5.74) is 0.779. The summed E-state index contributed by atoms with van der Waals surface area (Å²) in [4.78, 5) is 12.6. The van der Waals surface area contributed by atoms with E-state index in [2.05, 4.69) is 10.6 Å². The molecule has 0 spiro atoms. The lowest BCUT2D eigenvalue weighted by atomic mass is 9.95. The van der Waals surface area contributed by atoms with Gasteiger partial charge in [0, 0.05) is 12.8 Å². The van der Waals surface area contributed by atoms with Crippen LogP contribution in [0, 0.1) is 0 Å². The number of benzene rings is 1. The molecule has 0 unspecified atom stereocenters. The Morgan fingerprint density at radius 1 is 1.38 bits per heavy atom. The fraction of sp³-hybridized carbons (Fsp3) is 0.533. The fourth-order valence-corrected chi connectivity index (χ4v) is 4.40. The van der Waals surface area contributed by atoms with Crippen molar-refractivity contribution < 1.29 is 17.9 Å². The van der Waals surface area contributed by atoms with Crippen LogP contribution in [0.2, 0.25) is 5.02 Å². The molecule has 1 amide bonds. The van der Waals surface area contributed by atoms with Crippen molar-refractivity contribution in [3.63, 3.8) is 0 Å². The number of ether oxygens (including phenoxy) is 1. The van der Waals surface area contributed by atoms with Gasteiger partial charge in [0.15, 0.2) is 14.6 Å². The van der Waals surface area contributed by atoms with Crippen LogP contribution in [0.3, 0.4) is 0 Å². The van der Waals surface area contributed by atoms with Crippen molar-refractivity contribution in [2.24, 2.45) is 0 Å². The zero-order valence-corrected chi connectivity index (χ0v) is 16.0. The standard InChI is InChI=1S/C15H21ClN2O4S.ClH/c1-22-13-4-3-11(9-12(13)16)10-18-14(19)15(23(2,20)21)5-7-17-8-6-15;/h3-4,9,17H,5-8,10H2,1-2H3,(H,18,19);1H. The molecule has 1 aliphatic rings. The topological polar surface area (TPSA) is 84.5 Å². The Labute approximate surface area is 153 Å². The van der Waals surface area contributed by atoms with Crippen molar-refractivity contribution in [3.05, 3.63) is 28.8 Å². The Kier molecular flexibility index (Phi) is 7.34. The Morgan fingerprint density at radius 2 is 2.00 bits per heavy atom. The van der Waals surface area contributed by atoms with Crippen LogP contribution in [0.1, 0.15) is 18.4 Å². The lowest BCUT2D eigenvalue weighted by Crippen LogP contribution is -2.57. The number of carbonyl (C=O) groups excluding carboxylic acids is 1. The van der Waals surface area contributed by atoms with Gasteiger partial charge in [0.2, 0.25) is 5.91 Å². The van der Waals surface area contributed by atoms with Crippen molar-refractivity contribution in [1.82, 2.24) is 10.6 Å². The number of carbonyl (C=O) groups is 1. The zero-order valence-electron chi connectivity index (χ0n) is 13.6. The van der Waals surface area contributed by atoms with E-state index in [4.69, 9.17) is 16.3 Å². The van der Waals surface area contributed by atoms with Crippen LogP contribution in [-0.4, -0.2) is 45.5 Å². The maximum atomic E-state index is 12.6. The summed E-state index contributed by atoms with van der Waals surface area (Å²) in [6.45, 7) is 1.23. The van der Waals surface area contributed by atoms with Gasteiger partial charge in [-0.25, -0.2) is 8.42 Å². The molecule has 0 bridgehead atoms. The van der Waals surface area contributed by atoms with Crippen LogP contribution in [0.4, 0.5) is 0 Å². The van der Waals surface area contributed by atoms with Crippen LogP contribution < -0.4 is 15.4 Å². The van der Waals surface area contributed by atoms with E-state index in [1.54, 1.807) is 18.2 Å². The second-order valence-electron chi connectivity index (χ2n) is 5.67. The summed E-state index contributed by atoms with van der Waals surface area (Å²) in [5.74, 6) is 0.0983. The molecule has 0 radical (unpaired) electrons. The average molecular weight is 397 g/mol. The van der Waals surface area contributed by atoms with Crippen molar-refractivity contribution in [2.75, 3.05) is 26.5 Å². The van der Waals surface area contributed by atoms with Gasteiger partial charge in [-0.2, -0.15) is 0 Å². The average Bonchev–Trinajstić information content (AvgIpc) is 2.52. The van der Waals surface area contributed by atoms with E-state index < -0.39 is 20.5 Å². The molecule has 0 atom stereocenters. The van der Waals surface area contributed by atoms with Crippen LogP contribution in [0.25, 0.3) is 0 Å². The van der Waals surface area contributed by atoms with Crippen molar-refractivity contribution in [1.29, 1.82) is 0 Å². The first-order chi connectivity index (χ1) is 10.8. The van der Waals surface area contributed by atoms with Gasteiger partial charge in [-0.3, -0.25) is 4.79 Å². The van der Waals surface area contributed by atoms with Gasteiger partial charge in [-0.15, -0.1) is 12.4 Å². The normalized spacial score (nSPS) is 16.8. The number of piperidine rings is 1.